The lowest BCUT2D eigenvalue weighted by atomic mass is 9.80. The van der Waals surface area contributed by atoms with Crippen LogP contribution in [0, 0.1) is 11.8 Å². The zero-order valence-corrected chi connectivity index (χ0v) is 11.6. The van der Waals surface area contributed by atoms with E-state index in [1.807, 2.05) is 0 Å². The summed E-state index contributed by atoms with van der Waals surface area (Å²) in [5.74, 6) is 1.22. The summed E-state index contributed by atoms with van der Waals surface area (Å²) in [6.07, 6.45) is 11.8. The minimum atomic E-state index is 0.333. The third kappa shape index (κ3) is 3.69. The third-order valence-corrected chi connectivity index (χ3v) is 5.04. The number of aliphatic hydroxyl groups excluding tert-OH is 1. The summed E-state index contributed by atoms with van der Waals surface area (Å²) >= 11 is 0. The number of hydrogen-bond donors (Lipinski definition) is 3. The van der Waals surface area contributed by atoms with E-state index in [0.29, 0.717) is 24.6 Å². The summed E-state index contributed by atoms with van der Waals surface area (Å²) in [7, 11) is 0. The molecule has 0 spiro atoms. The molecule has 0 amide bonds. The molecule has 0 saturated heterocycles. The fraction of sp³-hybridized carbons (Fsp3) is 1.00. The molecule has 4 N–H and O–H groups in total. The normalized spacial score (nSPS) is 32.3. The van der Waals surface area contributed by atoms with E-state index >= 15 is 0 Å². The Morgan fingerprint density at radius 1 is 1.00 bits per heavy atom. The zero-order valence-electron chi connectivity index (χ0n) is 11.6. The van der Waals surface area contributed by atoms with E-state index < -0.39 is 0 Å². The lowest BCUT2D eigenvalue weighted by Crippen LogP contribution is -2.51. The summed E-state index contributed by atoms with van der Waals surface area (Å²) in [6.45, 7) is 1.08. The van der Waals surface area contributed by atoms with E-state index in [1.54, 1.807) is 0 Å². The van der Waals surface area contributed by atoms with E-state index in [4.69, 9.17) is 5.73 Å². The van der Waals surface area contributed by atoms with Gasteiger partial charge in [0.1, 0.15) is 0 Å². The van der Waals surface area contributed by atoms with Crippen molar-refractivity contribution in [1.82, 2.24) is 5.32 Å². The van der Waals surface area contributed by atoms with Crippen molar-refractivity contribution in [2.75, 3.05) is 13.2 Å². The Balaban J connectivity index is 1.87. The minimum Gasteiger partial charge on any atom is -0.396 e. The maximum Gasteiger partial charge on any atom is 0.0474 e. The molecular weight excluding hydrogens is 224 g/mol. The van der Waals surface area contributed by atoms with Crippen molar-refractivity contribution in [3.63, 3.8) is 0 Å². The molecule has 0 aliphatic heterocycles. The van der Waals surface area contributed by atoms with Gasteiger partial charge >= 0.3 is 0 Å². The topological polar surface area (TPSA) is 58.3 Å². The molecule has 2 rings (SSSR count). The van der Waals surface area contributed by atoms with Crippen molar-refractivity contribution in [2.45, 2.75) is 69.9 Å². The smallest absolute Gasteiger partial charge is 0.0474 e. The predicted molar refractivity (Wildman–Crippen MR) is 75.4 cm³/mol. The second-order valence-corrected chi connectivity index (χ2v) is 6.24. The monoisotopic (exact) mass is 254 g/mol. The van der Waals surface area contributed by atoms with Crippen LogP contribution in [-0.4, -0.2) is 30.3 Å². The fourth-order valence-corrected chi connectivity index (χ4v) is 3.85. The van der Waals surface area contributed by atoms with Gasteiger partial charge in [0.25, 0.3) is 0 Å². The van der Waals surface area contributed by atoms with Crippen LogP contribution in [0.4, 0.5) is 0 Å². The average Bonchev–Trinajstić information content (AvgIpc) is 2.46. The van der Waals surface area contributed by atoms with E-state index in [1.165, 1.54) is 57.8 Å². The summed E-state index contributed by atoms with van der Waals surface area (Å²) in [5.41, 5.74) is 5.98. The van der Waals surface area contributed by atoms with Crippen molar-refractivity contribution in [1.29, 1.82) is 0 Å². The summed E-state index contributed by atoms with van der Waals surface area (Å²) < 4.78 is 0. The van der Waals surface area contributed by atoms with Gasteiger partial charge in [-0.3, -0.25) is 0 Å². The van der Waals surface area contributed by atoms with E-state index in [0.717, 1.165) is 12.5 Å². The molecule has 3 atom stereocenters. The molecule has 3 heteroatoms. The molecule has 0 aromatic rings. The average molecular weight is 254 g/mol. The van der Waals surface area contributed by atoms with Crippen molar-refractivity contribution in [3.8, 4) is 0 Å². The van der Waals surface area contributed by atoms with Crippen LogP contribution in [0.15, 0.2) is 0 Å². The Morgan fingerprint density at radius 3 is 2.33 bits per heavy atom. The molecule has 18 heavy (non-hydrogen) atoms. The highest BCUT2D eigenvalue weighted by Gasteiger charge is 2.29. The zero-order chi connectivity index (χ0) is 12.8. The van der Waals surface area contributed by atoms with Gasteiger partial charge in [-0.1, -0.05) is 32.1 Å². The van der Waals surface area contributed by atoms with Gasteiger partial charge in [0.05, 0.1) is 0 Å². The molecule has 3 nitrogen and oxygen atoms in total. The number of nitrogens with one attached hydrogen (secondary N) is 1. The van der Waals surface area contributed by atoms with Crippen LogP contribution in [-0.2, 0) is 0 Å². The first-order chi connectivity index (χ1) is 8.85. The first kappa shape index (κ1) is 14.3. The quantitative estimate of drug-likeness (QED) is 0.703. The maximum atomic E-state index is 9.49. The van der Waals surface area contributed by atoms with Crippen LogP contribution < -0.4 is 11.1 Å². The van der Waals surface area contributed by atoms with E-state index in [9.17, 15) is 5.11 Å². The van der Waals surface area contributed by atoms with Gasteiger partial charge in [-0.05, 0) is 37.5 Å². The van der Waals surface area contributed by atoms with Gasteiger partial charge in [-0.25, -0.2) is 0 Å². The van der Waals surface area contributed by atoms with Crippen molar-refractivity contribution in [3.05, 3.63) is 0 Å². The van der Waals surface area contributed by atoms with Gasteiger partial charge in [-0.15, -0.1) is 0 Å². The van der Waals surface area contributed by atoms with Crippen molar-refractivity contribution < 1.29 is 5.11 Å². The highest BCUT2D eigenvalue weighted by molar-refractivity contribution is 4.87. The lowest BCUT2D eigenvalue weighted by molar-refractivity contribution is 0.133. The third-order valence-electron chi connectivity index (χ3n) is 5.04. The summed E-state index contributed by atoms with van der Waals surface area (Å²) in [5, 5.41) is 13.3. The standard InChI is InChI=1S/C15H30N2O/c16-10-15(12-6-2-1-3-7-12)17-14-9-5-4-8-13(14)11-18/h12-15,17-18H,1-11,16H2. The van der Waals surface area contributed by atoms with Crippen LogP contribution in [0.5, 0.6) is 0 Å². The second-order valence-electron chi connectivity index (χ2n) is 6.24. The van der Waals surface area contributed by atoms with E-state index in [2.05, 4.69) is 5.32 Å². The molecule has 0 heterocycles. The highest BCUT2D eigenvalue weighted by atomic mass is 16.3. The van der Waals surface area contributed by atoms with Crippen molar-refractivity contribution in [2.24, 2.45) is 17.6 Å². The lowest BCUT2D eigenvalue weighted by Gasteiger charge is -2.38. The van der Waals surface area contributed by atoms with Gasteiger partial charge in [-0.2, -0.15) is 0 Å². The molecule has 2 fully saturated rings. The minimum absolute atomic E-state index is 0.333. The van der Waals surface area contributed by atoms with Crippen LogP contribution in [0.2, 0.25) is 0 Å². The molecule has 0 bridgehead atoms. The van der Waals surface area contributed by atoms with Gasteiger partial charge in [0.15, 0.2) is 0 Å². The van der Waals surface area contributed by atoms with Crippen molar-refractivity contribution >= 4 is 0 Å². The molecule has 106 valence electrons. The second kappa shape index (κ2) is 7.46. The highest BCUT2D eigenvalue weighted by Crippen LogP contribution is 2.29. The number of aliphatic hydroxyl groups is 1. The summed E-state index contributed by atoms with van der Waals surface area (Å²) in [6, 6.07) is 0.974. The molecule has 3 unspecified atom stereocenters. The number of nitrogens with two attached hydrogens (primary N) is 1. The number of hydrogen-bond acceptors (Lipinski definition) is 3. The molecule has 0 radical (unpaired) electrons. The Bertz CT molecular complexity index is 229. The van der Waals surface area contributed by atoms with Crippen LogP contribution in [0.25, 0.3) is 0 Å². The van der Waals surface area contributed by atoms with Gasteiger partial charge in [0.2, 0.25) is 0 Å². The van der Waals surface area contributed by atoms with Crippen LogP contribution in [0.3, 0.4) is 0 Å². The predicted octanol–water partition coefficient (Wildman–Crippen LogP) is 2.03. The van der Waals surface area contributed by atoms with Crippen LogP contribution >= 0.6 is 0 Å². The Kier molecular flexibility index (Phi) is 5.93. The molecule has 2 aliphatic rings. The molecule has 2 saturated carbocycles. The van der Waals surface area contributed by atoms with Gasteiger partial charge < -0.3 is 16.2 Å². The largest absolute Gasteiger partial charge is 0.396 e. The van der Waals surface area contributed by atoms with Crippen LogP contribution in [0.1, 0.15) is 57.8 Å². The Hall–Kier alpha value is -0.120. The molecule has 0 aromatic carbocycles. The first-order valence-electron chi connectivity index (χ1n) is 7.92. The van der Waals surface area contributed by atoms with Gasteiger partial charge in [0, 0.05) is 25.2 Å². The molecule has 2 aliphatic carbocycles. The number of rotatable bonds is 5. The molecule has 0 aromatic heterocycles. The molecular formula is C15H30N2O. The Labute approximate surface area is 112 Å². The fourth-order valence-electron chi connectivity index (χ4n) is 3.85. The maximum absolute atomic E-state index is 9.49. The first-order valence-corrected chi connectivity index (χ1v) is 7.92. The Morgan fingerprint density at radius 2 is 1.67 bits per heavy atom. The van der Waals surface area contributed by atoms with E-state index in [-0.39, 0.29) is 0 Å². The SMILES string of the molecule is NCC(NC1CCCCC1CO)C1CCCCC1. The summed E-state index contributed by atoms with van der Waals surface area (Å²) in [4.78, 5) is 0.